The van der Waals surface area contributed by atoms with Crippen molar-refractivity contribution in [1.82, 2.24) is 20.6 Å². The fourth-order valence-corrected chi connectivity index (χ4v) is 2.48. The van der Waals surface area contributed by atoms with E-state index in [2.05, 4.69) is 34.5 Å². The average molecular weight is 195 g/mol. The largest absolute Gasteiger partial charge is 0.319 e. The van der Waals surface area contributed by atoms with E-state index in [1.807, 2.05) is 0 Å². The van der Waals surface area contributed by atoms with Crippen molar-refractivity contribution in [1.29, 1.82) is 0 Å². The third kappa shape index (κ3) is 1.64. The molecule has 0 saturated heterocycles. The van der Waals surface area contributed by atoms with Crippen molar-refractivity contribution in [3.05, 3.63) is 5.82 Å². The van der Waals surface area contributed by atoms with Crippen molar-refractivity contribution in [3.8, 4) is 0 Å². The second-order valence-corrected chi connectivity index (χ2v) is 5.09. The first kappa shape index (κ1) is 9.58. The van der Waals surface area contributed by atoms with Gasteiger partial charge in [-0.25, -0.2) is 0 Å². The fourth-order valence-electron chi connectivity index (χ4n) is 2.48. The molecule has 3 N–H and O–H groups in total. The Bertz CT molecular complexity index is 305. The van der Waals surface area contributed by atoms with E-state index in [0.29, 0.717) is 5.82 Å². The molecule has 1 fully saturated rings. The van der Waals surface area contributed by atoms with E-state index in [0.717, 1.165) is 19.3 Å². The first-order valence-electron chi connectivity index (χ1n) is 5.05. The van der Waals surface area contributed by atoms with E-state index in [1.54, 1.807) is 0 Å². The standard InChI is InChI=1S/C9H17N5/c1-8(2)4-3-5-9(10,6-8)7-11-13-14-12-7/h3-6,10H2,1-2H3,(H,11,12,13,14). The van der Waals surface area contributed by atoms with Gasteiger partial charge in [-0.3, -0.25) is 0 Å². The number of nitrogens with zero attached hydrogens (tertiary/aromatic N) is 3. The summed E-state index contributed by atoms with van der Waals surface area (Å²) in [6.07, 6.45) is 4.25. The number of tetrazole rings is 1. The van der Waals surface area contributed by atoms with Crippen LogP contribution in [0.4, 0.5) is 0 Å². The highest BCUT2D eigenvalue weighted by Gasteiger charge is 2.41. The number of hydrogen-bond acceptors (Lipinski definition) is 4. The lowest BCUT2D eigenvalue weighted by Crippen LogP contribution is -2.45. The van der Waals surface area contributed by atoms with Crippen LogP contribution in [0.25, 0.3) is 0 Å². The predicted octanol–water partition coefficient (Wildman–Crippen LogP) is 0.954. The molecule has 78 valence electrons. The Hall–Kier alpha value is -0.970. The van der Waals surface area contributed by atoms with Crippen LogP contribution in [0.2, 0.25) is 0 Å². The molecule has 0 aliphatic heterocycles. The van der Waals surface area contributed by atoms with Crippen molar-refractivity contribution >= 4 is 0 Å². The van der Waals surface area contributed by atoms with Crippen LogP contribution in [-0.2, 0) is 5.54 Å². The van der Waals surface area contributed by atoms with Gasteiger partial charge in [0.1, 0.15) is 0 Å². The van der Waals surface area contributed by atoms with Crippen LogP contribution in [0.15, 0.2) is 0 Å². The Morgan fingerprint density at radius 1 is 1.36 bits per heavy atom. The van der Waals surface area contributed by atoms with E-state index in [1.165, 1.54) is 6.42 Å². The minimum absolute atomic E-state index is 0.285. The van der Waals surface area contributed by atoms with Crippen LogP contribution in [0.5, 0.6) is 0 Å². The number of aromatic nitrogens is 4. The summed E-state index contributed by atoms with van der Waals surface area (Å²) in [6, 6.07) is 0. The number of rotatable bonds is 1. The smallest absolute Gasteiger partial charge is 0.194 e. The molecular formula is C9H17N5. The van der Waals surface area contributed by atoms with Crippen LogP contribution >= 0.6 is 0 Å². The van der Waals surface area contributed by atoms with Gasteiger partial charge >= 0.3 is 0 Å². The Balaban J connectivity index is 2.24. The molecule has 14 heavy (non-hydrogen) atoms. The summed E-state index contributed by atoms with van der Waals surface area (Å²) in [4.78, 5) is 0. The molecular weight excluding hydrogens is 178 g/mol. The van der Waals surface area contributed by atoms with Gasteiger partial charge in [0.15, 0.2) is 5.82 Å². The van der Waals surface area contributed by atoms with Gasteiger partial charge in [0.2, 0.25) is 0 Å². The molecule has 2 rings (SSSR count). The monoisotopic (exact) mass is 195 g/mol. The van der Waals surface area contributed by atoms with Gasteiger partial charge in [0, 0.05) is 0 Å². The van der Waals surface area contributed by atoms with Crippen molar-refractivity contribution in [2.75, 3.05) is 0 Å². The highest BCUT2D eigenvalue weighted by Crippen LogP contribution is 2.43. The fraction of sp³-hybridized carbons (Fsp3) is 0.889. The van der Waals surface area contributed by atoms with Crippen molar-refractivity contribution in [2.24, 2.45) is 11.1 Å². The summed E-state index contributed by atoms with van der Waals surface area (Å²) in [5, 5.41) is 14.1. The lowest BCUT2D eigenvalue weighted by molar-refractivity contribution is 0.144. The molecule has 0 spiro atoms. The Morgan fingerprint density at radius 3 is 2.71 bits per heavy atom. The Kier molecular flexibility index (Phi) is 2.06. The summed E-state index contributed by atoms with van der Waals surface area (Å²) in [5.41, 5.74) is 6.22. The summed E-state index contributed by atoms with van der Waals surface area (Å²) in [5.74, 6) is 0.658. The lowest BCUT2D eigenvalue weighted by atomic mass is 9.68. The molecule has 1 heterocycles. The van der Waals surface area contributed by atoms with Crippen molar-refractivity contribution in [3.63, 3.8) is 0 Å². The quantitative estimate of drug-likeness (QED) is 0.699. The molecule has 1 aliphatic rings. The molecule has 1 atom stereocenters. The first-order chi connectivity index (χ1) is 6.52. The lowest BCUT2D eigenvalue weighted by Gasteiger charge is -2.40. The van der Waals surface area contributed by atoms with Gasteiger partial charge in [-0.15, -0.1) is 10.2 Å². The van der Waals surface area contributed by atoms with E-state index in [9.17, 15) is 0 Å². The van der Waals surface area contributed by atoms with Gasteiger partial charge in [-0.1, -0.05) is 25.5 Å². The SMILES string of the molecule is CC1(C)CCCC(N)(c2nn[nH]n2)C1. The summed E-state index contributed by atoms with van der Waals surface area (Å²) < 4.78 is 0. The van der Waals surface area contributed by atoms with Crippen molar-refractivity contribution in [2.45, 2.75) is 45.1 Å². The highest BCUT2D eigenvalue weighted by molar-refractivity contribution is 5.05. The van der Waals surface area contributed by atoms with Crippen LogP contribution in [-0.4, -0.2) is 20.6 Å². The van der Waals surface area contributed by atoms with E-state index in [-0.39, 0.29) is 11.0 Å². The number of aromatic amines is 1. The normalized spacial score (nSPS) is 31.6. The Morgan fingerprint density at radius 2 is 2.14 bits per heavy atom. The summed E-state index contributed by atoms with van der Waals surface area (Å²) in [6.45, 7) is 4.49. The van der Waals surface area contributed by atoms with Gasteiger partial charge in [0.25, 0.3) is 0 Å². The molecule has 5 nitrogen and oxygen atoms in total. The molecule has 1 aromatic heterocycles. The van der Waals surface area contributed by atoms with E-state index in [4.69, 9.17) is 5.73 Å². The average Bonchev–Trinajstić information content (AvgIpc) is 2.52. The second kappa shape index (κ2) is 3.02. The molecule has 1 aliphatic carbocycles. The highest BCUT2D eigenvalue weighted by atomic mass is 15.5. The number of H-pyrrole nitrogens is 1. The number of hydrogen-bond donors (Lipinski definition) is 2. The molecule has 1 saturated carbocycles. The minimum atomic E-state index is -0.380. The topological polar surface area (TPSA) is 80.5 Å². The van der Waals surface area contributed by atoms with Crippen LogP contribution in [0.1, 0.15) is 45.4 Å². The van der Waals surface area contributed by atoms with Gasteiger partial charge < -0.3 is 5.73 Å². The maximum Gasteiger partial charge on any atom is 0.194 e. The first-order valence-corrected chi connectivity index (χ1v) is 5.05. The van der Waals surface area contributed by atoms with Gasteiger partial charge in [-0.2, -0.15) is 5.21 Å². The zero-order valence-corrected chi connectivity index (χ0v) is 8.75. The molecule has 0 radical (unpaired) electrons. The zero-order valence-electron chi connectivity index (χ0n) is 8.75. The molecule has 0 aromatic carbocycles. The summed E-state index contributed by atoms with van der Waals surface area (Å²) >= 11 is 0. The number of nitrogens with two attached hydrogens (primary N) is 1. The van der Waals surface area contributed by atoms with Gasteiger partial charge in [0.05, 0.1) is 5.54 Å². The molecule has 5 heteroatoms. The van der Waals surface area contributed by atoms with Crippen LogP contribution in [0.3, 0.4) is 0 Å². The van der Waals surface area contributed by atoms with Gasteiger partial charge in [-0.05, 0) is 24.7 Å². The maximum absolute atomic E-state index is 6.32. The minimum Gasteiger partial charge on any atom is -0.319 e. The van der Waals surface area contributed by atoms with E-state index < -0.39 is 0 Å². The third-order valence-corrected chi connectivity index (χ3v) is 3.06. The molecule has 0 bridgehead atoms. The molecule has 1 aromatic rings. The number of nitrogens with one attached hydrogen (secondary N) is 1. The molecule has 0 amide bonds. The van der Waals surface area contributed by atoms with Crippen LogP contribution < -0.4 is 5.73 Å². The van der Waals surface area contributed by atoms with Crippen molar-refractivity contribution < 1.29 is 0 Å². The molecule has 1 unspecified atom stereocenters. The Labute approximate surface area is 83.5 Å². The summed E-state index contributed by atoms with van der Waals surface area (Å²) in [7, 11) is 0. The van der Waals surface area contributed by atoms with E-state index >= 15 is 0 Å². The predicted molar refractivity (Wildman–Crippen MR) is 52.3 cm³/mol. The van der Waals surface area contributed by atoms with Crippen LogP contribution in [0, 0.1) is 5.41 Å². The maximum atomic E-state index is 6.32. The second-order valence-electron chi connectivity index (χ2n) is 5.09. The third-order valence-electron chi connectivity index (χ3n) is 3.06. The zero-order chi connectivity index (χ0) is 10.2.